The predicted molar refractivity (Wildman–Crippen MR) is 105 cm³/mol. The van der Waals surface area contributed by atoms with E-state index in [9.17, 15) is 5.11 Å². The molecular weight excluding hydrogens is 362 g/mol. The molecule has 0 amide bonds. The number of aryl methyl sites for hydroxylation is 3. The van der Waals surface area contributed by atoms with E-state index in [1.54, 1.807) is 0 Å². The number of aromatic nitrogens is 1. The van der Waals surface area contributed by atoms with Crippen LogP contribution in [0.2, 0.25) is 0 Å². The molecular formula is C21H29ClN3O2-. The first-order valence-electron chi connectivity index (χ1n) is 9.30. The third-order valence-corrected chi connectivity index (χ3v) is 4.84. The molecule has 5 nitrogen and oxygen atoms in total. The van der Waals surface area contributed by atoms with E-state index in [0.29, 0.717) is 13.2 Å². The van der Waals surface area contributed by atoms with Crippen LogP contribution in [0.5, 0.6) is 5.75 Å². The van der Waals surface area contributed by atoms with Gasteiger partial charge < -0.3 is 27.2 Å². The number of nitrogens with zero attached hydrogens (tertiary/aromatic N) is 3. The number of aliphatic hydroxyl groups is 1. The van der Waals surface area contributed by atoms with Crippen molar-refractivity contribution in [2.24, 2.45) is 0 Å². The number of halogens is 1. The van der Waals surface area contributed by atoms with Crippen LogP contribution in [-0.4, -0.2) is 60.4 Å². The summed E-state index contributed by atoms with van der Waals surface area (Å²) in [6.45, 7) is 10.9. The summed E-state index contributed by atoms with van der Waals surface area (Å²) < 4.78 is 5.92. The Hall–Kier alpha value is -1.82. The Morgan fingerprint density at radius 1 is 1.07 bits per heavy atom. The van der Waals surface area contributed by atoms with E-state index in [0.717, 1.165) is 48.9 Å². The lowest BCUT2D eigenvalue weighted by Gasteiger charge is -2.36. The van der Waals surface area contributed by atoms with Crippen molar-refractivity contribution in [3.63, 3.8) is 0 Å². The van der Waals surface area contributed by atoms with Crippen LogP contribution in [0.1, 0.15) is 16.7 Å². The van der Waals surface area contributed by atoms with Crippen molar-refractivity contribution in [3.05, 3.63) is 53.2 Å². The summed E-state index contributed by atoms with van der Waals surface area (Å²) in [5.74, 6) is 1.93. The average molecular weight is 391 g/mol. The van der Waals surface area contributed by atoms with Crippen LogP contribution in [-0.2, 0) is 0 Å². The molecule has 1 saturated heterocycles. The second-order valence-corrected chi connectivity index (χ2v) is 7.17. The predicted octanol–water partition coefficient (Wildman–Crippen LogP) is -0.427. The van der Waals surface area contributed by atoms with Crippen molar-refractivity contribution < 1.29 is 22.3 Å². The van der Waals surface area contributed by atoms with Gasteiger partial charge >= 0.3 is 0 Å². The quantitative estimate of drug-likeness (QED) is 0.725. The molecule has 1 atom stereocenters. The summed E-state index contributed by atoms with van der Waals surface area (Å²) in [5.41, 5.74) is 3.48. The molecule has 2 heterocycles. The number of pyridine rings is 1. The SMILES string of the molecule is Cc1cc(C)c(OCC(O)CN2CCN(c3ccccn3)CC2)c(C)c1.[Cl-]. The molecule has 1 N–H and O–H groups in total. The zero-order chi connectivity index (χ0) is 18.5. The Morgan fingerprint density at radius 2 is 1.74 bits per heavy atom. The van der Waals surface area contributed by atoms with Gasteiger partial charge in [0.1, 0.15) is 24.3 Å². The van der Waals surface area contributed by atoms with Gasteiger partial charge in [-0.3, -0.25) is 4.90 Å². The Bertz CT molecular complexity index is 696. The fraction of sp³-hybridized carbons (Fsp3) is 0.476. The number of aliphatic hydroxyl groups excluding tert-OH is 1. The van der Waals surface area contributed by atoms with Crippen LogP contribution in [0, 0.1) is 20.8 Å². The standard InChI is InChI=1S/C21H29N3O2.ClH/c1-16-12-17(2)21(18(3)13-16)26-15-19(25)14-23-8-10-24(11-9-23)20-6-4-5-7-22-20;/h4-7,12-13,19,25H,8-11,14-15H2,1-3H3;1H/p-1. The number of hydrogen-bond donors (Lipinski definition) is 1. The molecule has 1 fully saturated rings. The van der Waals surface area contributed by atoms with Crippen molar-refractivity contribution >= 4 is 5.82 Å². The van der Waals surface area contributed by atoms with Crippen LogP contribution >= 0.6 is 0 Å². The lowest BCUT2D eigenvalue weighted by molar-refractivity contribution is -0.00000796. The minimum Gasteiger partial charge on any atom is -1.00 e. The normalized spacial score (nSPS) is 15.9. The van der Waals surface area contributed by atoms with E-state index >= 15 is 0 Å². The molecule has 1 aliphatic rings. The summed E-state index contributed by atoms with van der Waals surface area (Å²) in [5, 5.41) is 10.4. The van der Waals surface area contributed by atoms with Crippen LogP contribution in [0.15, 0.2) is 36.5 Å². The highest BCUT2D eigenvalue weighted by molar-refractivity contribution is 5.43. The number of β-amino-alcohol motifs (C(OH)–C–C–N with tert-alkyl or cyclic N) is 1. The van der Waals surface area contributed by atoms with Crippen LogP contribution < -0.4 is 22.0 Å². The summed E-state index contributed by atoms with van der Waals surface area (Å²) in [7, 11) is 0. The van der Waals surface area contributed by atoms with E-state index in [4.69, 9.17) is 4.74 Å². The molecule has 0 bridgehead atoms. The Labute approximate surface area is 168 Å². The summed E-state index contributed by atoms with van der Waals surface area (Å²) in [4.78, 5) is 9.00. The molecule has 1 aromatic heterocycles. The lowest BCUT2D eigenvalue weighted by atomic mass is 10.1. The zero-order valence-electron chi connectivity index (χ0n) is 16.4. The molecule has 148 valence electrons. The maximum absolute atomic E-state index is 10.4. The van der Waals surface area contributed by atoms with Crippen molar-refractivity contribution in [1.29, 1.82) is 0 Å². The maximum atomic E-state index is 10.4. The average Bonchev–Trinajstić information content (AvgIpc) is 2.62. The van der Waals surface area contributed by atoms with E-state index in [1.165, 1.54) is 5.56 Å². The van der Waals surface area contributed by atoms with Gasteiger partial charge in [0.15, 0.2) is 0 Å². The van der Waals surface area contributed by atoms with Gasteiger partial charge in [-0.25, -0.2) is 4.98 Å². The highest BCUT2D eigenvalue weighted by Crippen LogP contribution is 2.24. The maximum Gasteiger partial charge on any atom is 0.128 e. The largest absolute Gasteiger partial charge is 1.00 e. The molecule has 0 spiro atoms. The monoisotopic (exact) mass is 390 g/mol. The molecule has 1 unspecified atom stereocenters. The van der Waals surface area contributed by atoms with Crippen molar-refractivity contribution in [3.8, 4) is 5.75 Å². The van der Waals surface area contributed by atoms with Gasteiger partial charge in [-0.2, -0.15) is 0 Å². The molecule has 0 radical (unpaired) electrons. The van der Waals surface area contributed by atoms with E-state index < -0.39 is 6.10 Å². The van der Waals surface area contributed by atoms with Gasteiger partial charge in [-0.1, -0.05) is 23.8 Å². The fourth-order valence-corrected chi connectivity index (χ4v) is 3.63. The summed E-state index contributed by atoms with van der Waals surface area (Å²) in [6.07, 6.45) is 1.34. The highest BCUT2D eigenvalue weighted by atomic mass is 35.5. The van der Waals surface area contributed by atoms with Crippen molar-refractivity contribution in [2.45, 2.75) is 26.9 Å². The van der Waals surface area contributed by atoms with Gasteiger partial charge in [-0.05, 0) is 44.0 Å². The second-order valence-electron chi connectivity index (χ2n) is 7.17. The molecule has 2 aromatic rings. The third kappa shape index (κ3) is 5.83. The zero-order valence-corrected chi connectivity index (χ0v) is 17.1. The first kappa shape index (κ1) is 21.5. The Morgan fingerprint density at radius 3 is 2.33 bits per heavy atom. The molecule has 6 heteroatoms. The van der Waals surface area contributed by atoms with Gasteiger partial charge in [0.2, 0.25) is 0 Å². The molecule has 27 heavy (non-hydrogen) atoms. The number of anilines is 1. The molecule has 1 aromatic carbocycles. The topological polar surface area (TPSA) is 48.8 Å². The highest BCUT2D eigenvalue weighted by Gasteiger charge is 2.20. The Kier molecular flexibility index (Phi) is 7.90. The number of piperazine rings is 1. The lowest BCUT2D eigenvalue weighted by Crippen LogP contribution is -3.00. The molecule has 0 aliphatic carbocycles. The number of hydrogen-bond acceptors (Lipinski definition) is 5. The number of ether oxygens (including phenoxy) is 1. The fourth-order valence-electron chi connectivity index (χ4n) is 3.63. The summed E-state index contributed by atoms with van der Waals surface area (Å²) >= 11 is 0. The van der Waals surface area contributed by atoms with Crippen LogP contribution in [0.4, 0.5) is 5.82 Å². The van der Waals surface area contributed by atoms with E-state index in [-0.39, 0.29) is 12.4 Å². The van der Waals surface area contributed by atoms with Crippen molar-refractivity contribution in [1.82, 2.24) is 9.88 Å². The van der Waals surface area contributed by atoms with Crippen molar-refractivity contribution in [2.75, 3.05) is 44.2 Å². The first-order valence-corrected chi connectivity index (χ1v) is 9.30. The third-order valence-electron chi connectivity index (χ3n) is 4.84. The van der Waals surface area contributed by atoms with Gasteiger partial charge in [0, 0.05) is 38.9 Å². The van der Waals surface area contributed by atoms with Gasteiger partial charge in [0.05, 0.1) is 0 Å². The smallest absolute Gasteiger partial charge is 0.128 e. The minimum atomic E-state index is -0.489. The number of benzene rings is 1. The Balaban J connectivity index is 0.00000261. The van der Waals surface area contributed by atoms with Crippen LogP contribution in [0.25, 0.3) is 0 Å². The van der Waals surface area contributed by atoms with Gasteiger partial charge in [-0.15, -0.1) is 0 Å². The van der Waals surface area contributed by atoms with E-state index in [1.807, 2.05) is 24.4 Å². The van der Waals surface area contributed by atoms with E-state index in [2.05, 4.69) is 47.7 Å². The first-order chi connectivity index (χ1) is 12.5. The molecule has 3 rings (SSSR count). The number of rotatable bonds is 6. The molecule has 1 aliphatic heterocycles. The summed E-state index contributed by atoms with van der Waals surface area (Å²) in [6, 6.07) is 10.2. The molecule has 0 saturated carbocycles. The van der Waals surface area contributed by atoms with Crippen LogP contribution in [0.3, 0.4) is 0 Å². The van der Waals surface area contributed by atoms with Gasteiger partial charge in [0.25, 0.3) is 0 Å². The second kappa shape index (κ2) is 9.93. The minimum absolute atomic E-state index is 0.